The molecule has 1 saturated heterocycles. The first-order chi connectivity index (χ1) is 8.34. The van der Waals surface area contributed by atoms with Crippen LogP contribution in [0.5, 0.6) is 0 Å². The number of aromatic nitrogens is 2. The number of β-amino-alcohol motifs (C(OH)–C–C–N with tert-alkyl or cyclic N) is 1. The number of anilines is 1. The lowest BCUT2D eigenvalue weighted by Crippen LogP contribution is -2.33. The van der Waals surface area contributed by atoms with Crippen molar-refractivity contribution < 1.29 is 9.84 Å². The summed E-state index contributed by atoms with van der Waals surface area (Å²) in [6.45, 7) is 2.33. The molecule has 1 N–H and O–H groups in total. The third-order valence-electron chi connectivity index (χ3n) is 2.77. The van der Waals surface area contributed by atoms with Gasteiger partial charge in [-0.25, -0.2) is 9.97 Å². The van der Waals surface area contributed by atoms with E-state index in [1.165, 1.54) is 0 Å². The molecule has 1 aliphatic heterocycles. The molecule has 3 heterocycles. The minimum absolute atomic E-state index is 0.398. The molecule has 0 aromatic carbocycles. The fourth-order valence-corrected chi connectivity index (χ4v) is 2.85. The normalized spacial score (nSPS) is 21.7. The van der Waals surface area contributed by atoms with E-state index in [1.807, 2.05) is 11.4 Å². The molecule has 0 unspecified atom stereocenters. The van der Waals surface area contributed by atoms with E-state index in [0.29, 0.717) is 19.8 Å². The Hall–Kier alpha value is -1.24. The molecule has 3 rings (SSSR count). The highest BCUT2D eigenvalue weighted by molar-refractivity contribution is 7.17. The molecule has 5 nitrogen and oxygen atoms in total. The first-order valence-corrected chi connectivity index (χ1v) is 6.41. The number of hydrogen-bond acceptors (Lipinski definition) is 6. The van der Waals surface area contributed by atoms with E-state index in [9.17, 15) is 5.11 Å². The van der Waals surface area contributed by atoms with Gasteiger partial charge in [0.25, 0.3) is 0 Å². The molecular weight excluding hydrogens is 238 g/mol. The smallest absolute Gasteiger partial charge is 0.150 e. The molecule has 0 radical (unpaired) electrons. The zero-order valence-electron chi connectivity index (χ0n) is 9.24. The standard InChI is InChI=1S/C11H13N3O2S/c15-8-5-14(2-3-16-6-8)11-10-9(1-4-17-10)12-7-13-11/h1,4,7-8,15H,2-3,5-6H2/t8-/m1/s1. The summed E-state index contributed by atoms with van der Waals surface area (Å²) in [5, 5.41) is 11.7. The van der Waals surface area contributed by atoms with E-state index in [4.69, 9.17) is 4.74 Å². The van der Waals surface area contributed by atoms with Gasteiger partial charge in [-0.1, -0.05) is 0 Å². The van der Waals surface area contributed by atoms with Gasteiger partial charge < -0.3 is 14.7 Å². The third kappa shape index (κ3) is 2.11. The summed E-state index contributed by atoms with van der Waals surface area (Å²) < 4.78 is 6.39. The molecule has 0 aliphatic carbocycles. The van der Waals surface area contributed by atoms with E-state index in [1.54, 1.807) is 17.7 Å². The molecule has 0 spiro atoms. The first-order valence-electron chi connectivity index (χ1n) is 5.53. The predicted molar refractivity (Wildman–Crippen MR) is 66.5 cm³/mol. The van der Waals surface area contributed by atoms with E-state index in [-0.39, 0.29) is 0 Å². The van der Waals surface area contributed by atoms with Crippen molar-refractivity contribution in [3.8, 4) is 0 Å². The van der Waals surface area contributed by atoms with E-state index in [2.05, 4.69) is 14.9 Å². The predicted octanol–water partition coefficient (Wildman–Crippen LogP) is 0.889. The Labute approximate surface area is 103 Å². The molecule has 1 atom stereocenters. The minimum Gasteiger partial charge on any atom is -0.389 e. The van der Waals surface area contributed by atoms with Crippen LogP contribution in [-0.2, 0) is 4.74 Å². The maximum Gasteiger partial charge on any atom is 0.150 e. The van der Waals surface area contributed by atoms with Gasteiger partial charge in [-0.3, -0.25) is 0 Å². The lowest BCUT2D eigenvalue weighted by atomic mass is 10.3. The Morgan fingerprint density at radius 1 is 1.47 bits per heavy atom. The van der Waals surface area contributed by atoms with Crippen molar-refractivity contribution in [1.82, 2.24) is 9.97 Å². The van der Waals surface area contributed by atoms with Gasteiger partial charge in [-0.15, -0.1) is 11.3 Å². The number of aliphatic hydroxyl groups is 1. The van der Waals surface area contributed by atoms with Crippen molar-refractivity contribution in [3.05, 3.63) is 17.8 Å². The zero-order valence-corrected chi connectivity index (χ0v) is 10.1. The maximum atomic E-state index is 9.74. The Morgan fingerprint density at radius 2 is 2.41 bits per heavy atom. The second-order valence-electron chi connectivity index (χ2n) is 4.01. The number of rotatable bonds is 1. The summed E-state index contributed by atoms with van der Waals surface area (Å²) in [4.78, 5) is 10.6. The number of aliphatic hydroxyl groups excluding tert-OH is 1. The summed E-state index contributed by atoms with van der Waals surface area (Å²) in [7, 11) is 0. The lowest BCUT2D eigenvalue weighted by Gasteiger charge is -2.22. The fourth-order valence-electron chi connectivity index (χ4n) is 1.99. The molecule has 2 aromatic heterocycles. The molecule has 1 aliphatic rings. The van der Waals surface area contributed by atoms with Gasteiger partial charge in [0.05, 0.1) is 29.5 Å². The van der Waals surface area contributed by atoms with Crippen molar-refractivity contribution in [3.63, 3.8) is 0 Å². The van der Waals surface area contributed by atoms with Crippen LogP contribution < -0.4 is 4.90 Å². The Balaban J connectivity index is 1.99. The number of ether oxygens (including phenoxy) is 1. The molecule has 0 saturated carbocycles. The Kier molecular flexibility index (Phi) is 2.92. The average Bonchev–Trinajstić information content (AvgIpc) is 2.71. The van der Waals surface area contributed by atoms with E-state index >= 15 is 0 Å². The van der Waals surface area contributed by atoms with Gasteiger partial charge in [0.2, 0.25) is 0 Å². The topological polar surface area (TPSA) is 58.5 Å². The number of hydrogen-bond donors (Lipinski definition) is 1. The van der Waals surface area contributed by atoms with Crippen LogP contribution in [0.1, 0.15) is 0 Å². The highest BCUT2D eigenvalue weighted by atomic mass is 32.1. The van der Waals surface area contributed by atoms with E-state index in [0.717, 1.165) is 22.6 Å². The van der Waals surface area contributed by atoms with Crippen LogP contribution in [0.3, 0.4) is 0 Å². The minimum atomic E-state index is -0.456. The summed E-state index contributed by atoms with van der Waals surface area (Å²) in [6.07, 6.45) is 1.12. The van der Waals surface area contributed by atoms with Gasteiger partial charge in [0.15, 0.2) is 0 Å². The Bertz CT molecular complexity index is 516. The SMILES string of the molecule is O[C@H]1COCCN(c2ncnc3ccsc23)C1. The number of nitrogens with zero attached hydrogens (tertiary/aromatic N) is 3. The lowest BCUT2D eigenvalue weighted by molar-refractivity contribution is 0.0597. The largest absolute Gasteiger partial charge is 0.389 e. The quantitative estimate of drug-likeness (QED) is 0.815. The number of thiophene rings is 1. The first kappa shape index (κ1) is 10.9. The Morgan fingerprint density at radius 3 is 3.35 bits per heavy atom. The van der Waals surface area contributed by atoms with Crippen molar-refractivity contribution in [2.75, 3.05) is 31.2 Å². The van der Waals surface area contributed by atoms with E-state index < -0.39 is 6.10 Å². The van der Waals surface area contributed by atoms with Gasteiger partial charge in [-0.05, 0) is 11.4 Å². The van der Waals surface area contributed by atoms with Crippen LogP contribution in [0.4, 0.5) is 5.82 Å². The van der Waals surface area contributed by atoms with Crippen LogP contribution in [0, 0.1) is 0 Å². The van der Waals surface area contributed by atoms with Gasteiger partial charge >= 0.3 is 0 Å². The monoisotopic (exact) mass is 251 g/mol. The van der Waals surface area contributed by atoms with Crippen molar-refractivity contribution in [2.24, 2.45) is 0 Å². The number of fused-ring (bicyclic) bond motifs is 1. The summed E-state index contributed by atoms with van der Waals surface area (Å²) in [5.41, 5.74) is 0.958. The second kappa shape index (κ2) is 4.56. The zero-order chi connectivity index (χ0) is 11.7. The molecule has 1 fully saturated rings. The molecule has 0 bridgehead atoms. The summed E-state index contributed by atoms with van der Waals surface area (Å²) in [5.74, 6) is 0.898. The molecule has 2 aromatic rings. The maximum absolute atomic E-state index is 9.74. The highest BCUT2D eigenvalue weighted by Crippen LogP contribution is 2.28. The van der Waals surface area contributed by atoms with Crippen LogP contribution in [0.15, 0.2) is 17.8 Å². The molecule has 17 heavy (non-hydrogen) atoms. The fraction of sp³-hybridized carbons (Fsp3) is 0.455. The van der Waals surface area contributed by atoms with Crippen molar-refractivity contribution in [2.45, 2.75) is 6.10 Å². The average molecular weight is 251 g/mol. The summed E-state index contributed by atoms with van der Waals surface area (Å²) in [6, 6.07) is 1.98. The van der Waals surface area contributed by atoms with Crippen LogP contribution in [-0.4, -0.2) is 47.5 Å². The summed E-state index contributed by atoms with van der Waals surface area (Å²) >= 11 is 1.63. The van der Waals surface area contributed by atoms with Crippen LogP contribution in [0.2, 0.25) is 0 Å². The second-order valence-corrected chi connectivity index (χ2v) is 4.92. The van der Waals surface area contributed by atoms with Crippen LogP contribution in [0.25, 0.3) is 10.2 Å². The third-order valence-corrected chi connectivity index (χ3v) is 3.67. The molecule has 6 heteroatoms. The molecular formula is C11H13N3O2S. The molecule has 0 amide bonds. The van der Waals surface area contributed by atoms with Crippen LogP contribution >= 0.6 is 11.3 Å². The molecule has 90 valence electrons. The van der Waals surface area contributed by atoms with Crippen molar-refractivity contribution in [1.29, 1.82) is 0 Å². The van der Waals surface area contributed by atoms with Gasteiger partial charge in [0, 0.05) is 13.1 Å². The highest BCUT2D eigenvalue weighted by Gasteiger charge is 2.19. The van der Waals surface area contributed by atoms with Gasteiger partial charge in [0.1, 0.15) is 12.1 Å². The van der Waals surface area contributed by atoms with Crippen molar-refractivity contribution >= 4 is 27.4 Å². The van der Waals surface area contributed by atoms with Gasteiger partial charge in [-0.2, -0.15) is 0 Å².